The zero-order valence-corrected chi connectivity index (χ0v) is 18.6. The number of likely N-dealkylation sites (N-methyl/N-ethyl adjacent to an activating group) is 1. The first kappa shape index (κ1) is 26.2. The van der Waals surface area contributed by atoms with Crippen molar-refractivity contribution in [3.8, 4) is 5.75 Å². The van der Waals surface area contributed by atoms with Crippen LogP contribution in [0.3, 0.4) is 0 Å². The maximum Gasteiger partial charge on any atom is 0.305 e. The Morgan fingerprint density at radius 1 is 1.33 bits per heavy atom. The fourth-order valence-corrected chi connectivity index (χ4v) is 3.46. The van der Waals surface area contributed by atoms with Crippen molar-refractivity contribution in [2.45, 2.75) is 37.6 Å². The molecule has 3 atom stereocenters. The largest absolute Gasteiger partial charge is 0.492 e. The number of hydrogen-bond acceptors (Lipinski definition) is 7. The lowest BCUT2D eigenvalue weighted by atomic mass is 10.1. The Bertz CT molecular complexity index is 852. The number of aliphatic hydroxyl groups is 1. The topological polar surface area (TPSA) is 140 Å². The van der Waals surface area contributed by atoms with Crippen molar-refractivity contribution in [1.29, 1.82) is 0 Å². The molecular weight excluding hydrogens is 435 g/mol. The number of nitrogens with one attached hydrogen (secondary N) is 3. The minimum absolute atomic E-state index is 0.0649. The normalized spacial score (nSPS) is 24.0. The molecule has 0 fully saturated rings. The van der Waals surface area contributed by atoms with Crippen LogP contribution in [-0.4, -0.2) is 84.5 Å². The van der Waals surface area contributed by atoms with Gasteiger partial charge >= 0.3 is 5.97 Å². The minimum Gasteiger partial charge on any atom is -0.492 e. The van der Waals surface area contributed by atoms with Gasteiger partial charge in [-0.2, -0.15) is 0 Å². The van der Waals surface area contributed by atoms with E-state index in [1.54, 1.807) is 6.07 Å². The predicted octanol–water partition coefficient (Wildman–Crippen LogP) is -0.379. The average Bonchev–Trinajstić information content (AvgIpc) is 2.77. The third kappa shape index (κ3) is 8.12. The first-order valence-electron chi connectivity index (χ1n) is 10.7. The van der Waals surface area contributed by atoms with E-state index in [0.29, 0.717) is 25.1 Å². The summed E-state index contributed by atoms with van der Waals surface area (Å²) < 4.78 is 19.4. The van der Waals surface area contributed by atoms with Crippen molar-refractivity contribution in [2.75, 3.05) is 33.3 Å². The molecule has 0 bridgehead atoms. The van der Waals surface area contributed by atoms with Crippen molar-refractivity contribution in [1.82, 2.24) is 20.9 Å². The number of amides is 2. The molecule has 2 rings (SSSR count). The number of ether oxygens (including phenoxy) is 1. The summed E-state index contributed by atoms with van der Waals surface area (Å²) in [5.41, 5.74) is 0.757. The molecule has 11 heteroatoms. The Hall–Kier alpha value is -3.02. The summed E-state index contributed by atoms with van der Waals surface area (Å²) in [5.74, 6) is -2.24. The van der Waals surface area contributed by atoms with Crippen molar-refractivity contribution in [3.05, 3.63) is 42.2 Å². The monoisotopic (exact) mass is 466 g/mol. The molecule has 1 heterocycles. The minimum atomic E-state index is -1.29. The van der Waals surface area contributed by atoms with Gasteiger partial charge in [-0.15, -0.1) is 6.58 Å². The lowest BCUT2D eigenvalue weighted by molar-refractivity contribution is -0.143. The number of benzene rings is 1. The van der Waals surface area contributed by atoms with Crippen LogP contribution in [0.15, 0.2) is 30.9 Å². The fourth-order valence-electron chi connectivity index (χ4n) is 3.46. The van der Waals surface area contributed by atoms with Crippen molar-refractivity contribution < 1.29 is 33.7 Å². The second-order valence-corrected chi connectivity index (χ2v) is 7.66. The number of halogens is 1. The number of rotatable bonds is 3. The summed E-state index contributed by atoms with van der Waals surface area (Å²) in [6.07, 6.45) is 0.657. The highest BCUT2D eigenvalue weighted by atomic mass is 19.1. The number of hydrogen-bond donors (Lipinski definition) is 5. The summed E-state index contributed by atoms with van der Waals surface area (Å²) in [6.45, 7) is 3.99. The maximum atomic E-state index is 13.7. The van der Waals surface area contributed by atoms with E-state index in [1.807, 2.05) is 0 Å². The molecule has 33 heavy (non-hydrogen) atoms. The summed E-state index contributed by atoms with van der Waals surface area (Å²) in [6, 6.07) is 2.19. The number of aliphatic carboxylic acids is 1. The van der Waals surface area contributed by atoms with Gasteiger partial charge in [0.1, 0.15) is 24.4 Å². The molecule has 0 saturated heterocycles. The summed E-state index contributed by atoms with van der Waals surface area (Å²) in [5, 5.41) is 27.9. The third-order valence-corrected chi connectivity index (χ3v) is 5.23. The predicted molar refractivity (Wildman–Crippen MR) is 118 cm³/mol. The summed E-state index contributed by atoms with van der Waals surface area (Å²) >= 11 is 0. The number of fused-ring (bicyclic) bond motifs is 1. The maximum absolute atomic E-state index is 13.7. The van der Waals surface area contributed by atoms with Gasteiger partial charge < -0.3 is 30.5 Å². The molecule has 1 aromatic rings. The molecule has 0 spiro atoms. The van der Waals surface area contributed by atoms with Crippen molar-refractivity contribution >= 4 is 17.8 Å². The molecule has 10 nitrogen and oxygen atoms in total. The van der Waals surface area contributed by atoms with Crippen LogP contribution in [0.5, 0.6) is 5.75 Å². The second-order valence-electron chi connectivity index (χ2n) is 7.66. The number of carboxylic acid groups (broad SMARTS) is 1. The molecule has 0 aliphatic carbocycles. The molecule has 1 aliphatic heterocycles. The molecule has 1 aromatic carbocycles. The van der Waals surface area contributed by atoms with Gasteiger partial charge in [-0.1, -0.05) is 12.1 Å². The lowest BCUT2D eigenvalue weighted by Crippen LogP contribution is -2.56. The number of aliphatic hydroxyl groups excluding tert-OH is 1. The molecule has 0 aromatic heterocycles. The average molecular weight is 467 g/mol. The van der Waals surface area contributed by atoms with Crippen LogP contribution in [0.4, 0.5) is 4.39 Å². The highest BCUT2D eigenvalue weighted by Crippen LogP contribution is 2.21. The van der Waals surface area contributed by atoms with Gasteiger partial charge in [0.25, 0.3) is 0 Å². The van der Waals surface area contributed by atoms with Crippen molar-refractivity contribution in [2.24, 2.45) is 0 Å². The molecule has 0 radical (unpaired) electrons. The van der Waals surface area contributed by atoms with E-state index >= 15 is 0 Å². The van der Waals surface area contributed by atoms with Gasteiger partial charge in [0.05, 0.1) is 25.0 Å². The van der Waals surface area contributed by atoms with Gasteiger partial charge in [-0.3, -0.25) is 19.7 Å². The number of nitrogens with zero attached hydrogens (tertiary/aromatic N) is 1. The van der Waals surface area contributed by atoms with Crippen LogP contribution < -0.4 is 20.7 Å². The van der Waals surface area contributed by atoms with Crippen LogP contribution in [0.25, 0.3) is 0 Å². The smallest absolute Gasteiger partial charge is 0.305 e. The summed E-state index contributed by atoms with van der Waals surface area (Å²) in [4.78, 5) is 37.5. The molecule has 182 valence electrons. The third-order valence-electron chi connectivity index (χ3n) is 5.23. The van der Waals surface area contributed by atoms with Gasteiger partial charge in [0.2, 0.25) is 11.8 Å². The number of aryl methyl sites for hydroxylation is 1. The van der Waals surface area contributed by atoms with E-state index in [4.69, 9.17) is 4.74 Å². The zero-order chi connectivity index (χ0) is 24.4. The van der Waals surface area contributed by atoms with E-state index in [9.17, 15) is 29.0 Å². The van der Waals surface area contributed by atoms with Crippen LogP contribution in [0.2, 0.25) is 0 Å². The second kappa shape index (κ2) is 12.9. The van der Waals surface area contributed by atoms with E-state index in [-0.39, 0.29) is 25.6 Å². The van der Waals surface area contributed by atoms with E-state index in [0.717, 1.165) is 10.5 Å². The highest BCUT2D eigenvalue weighted by molar-refractivity contribution is 5.86. The Morgan fingerprint density at radius 2 is 2.09 bits per heavy atom. The molecule has 2 amide bonds. The molecule has 3 unspecified atom stereocenters. The SMILES string of the molecule is C=CC1C(O)NCC(=O)NCCCc2ccc(F)cc2OCCNC(CC(=O)O)C(=O)N1C. The molecule has 0 saturated carbocycles. The Kier molecular flexibility index (Phi) is 10.2. The van der Waals surface area contributed by atoms with Crippen molar-refractivity contribution in [3.63, 3.8) is 0 Å². The summed E-state index contributed by atoms with van der Waals surface area (Å²) in [7, 11) is 1.41. The lowest BCUT2D eigenvalue weighted by Gasteiger charge is -2.32. The highest BCUT2D eigenvalue weighted by Gasteiger charge is 2.30. The van der Waals surface area contributed by atoms with Crippen LogP contribution >= 0.6 is 0 Å². The zero-order valence-electron chi connectivity index (χ0n) is 18.6. The van der Waals surface area contributed by atoms with Gasteiger partial charge in [0.15, 0.2) is 0 Å². The van der Waals surface area contributed by atoms with E-state index in [2.05, 4.69) is 22.5 Å². The molecular formula is C22H31FN4O6. The number of carbonyl (C=O) groups excluding carboxylic acids is 2. The first-order valence-corrected chi connectivity index (χ1v) is 10.7. The van der Waals surface area contributed by atoms with E-state index in [1.165, 1.54) is 25.3 Å². The van der Waals surface area contributed by atoms with Gasteiger partial charge in [0, 0.05) is 26.2 Å². The Labute approximate surface area is 191 Å². The fraction of sp³-hybridized carbons (Fsp3) is 0.500. The van der Waals surface area contributed by atoms with E-state index < -0.39 is 42.4 Å². The Morgan fingerprint density at radius 3 is 2.79 bits per heavy atom. The quantitative estimate of drug-likeness (QED) is 0.380. The van der Waals surface area contributed by atoms with Crippen LogP contribution in [-0.2, 0) is 20.8 Å². The number of carbonyl (C=O) groups is 3. The standard InChI is InChI=1S/C22H31FN4O6/c1-3-17-21(31)26-13-19(28)25-8-4-5-14-6-7-15(23)11-18(14)33-10-9-24-16(12-20(29)30)22(32)27(17)2/h3,6-7,11,16-17,21,24,26,31H,1,4-5,8-10,12-13H2,2H3,(H,25,28)(H,29,30). The number of carboxylic acids is 1. The molecule has 5 N–H and O–H groups in total. The van der Waals surface area contributed by atoms with Crippen LogP contribution in [0.1, 0.15) is 18.4 Å². The Balaban J connectivity index is 2.22. The van der Waals surface area contributed by atoms with Gasteiger partial charge in [-0.25, -0.2) is 4.39 Å². The molecule has 1 aliphatic rings. The van der Waals surface area contributed by atoms with Crippen LogP contribution in [0, 0.1) is 5.82 Å². The first-order chi connectivity index (χ1) is 15.7. The van der Waals surface area contributed by atoms with Gasteiger partial charge in [-0.05, 0) is 24.5 Å².